The van der Waals surface area contributed by atoms with E-state index in [9.17, 15) is 40.7 Å². The number of rotatable bonds is 3. The van der Waals surface area contributed by atoms with Gasteiger partial charge < -0.3 is 18.9 Å². The van der Waals surface area contributed by atoms with Gasteiger partial charge in [0.15, 0.2) is 5.92 Å². The first kappa shape index (κ1) is 14.7. The van der Waals surface area contributed by atoms with Crippen molar-refractivity contribution in [1.29, 1.82) is 0 Å². The van der Waals surface area contributed by atoms with Crippen LogP contribution >= 0.6 is 7.82 Å². The highest BCUT2D eigenvalue weighted by molar-refractivity contribution is 7.43. The molecule has 0 aliphatic rings. The number of hydrogen-bond acceptors (Lipinski definition) is 4. The average Bonchev–Trinajstić information content (AvgIpc) is 1.75. The summed E-state index contributed by atoms with van der Waals surface area (Å²) in [6, 6.07) is 0. The molecule has 92 valence electrons. The maximum Gasteiger partial charge on any atom is 0.402 e. The van der Waals surface area contributed by atoms with Gasteiger partial charge in [0.1, 0.15) is 0 Å². The molecule has 0 fully saturated rings. The summed E-state index contributed by atoms with van der Waals surface area (Å²) in [5.41, 5.74) is 0. The molecule has 0 atom stereocenters. The molecule has 0 N–H and O–H groups in total. The zero-order valence-corrected chi connectivity index (χ0v) is 7.53. The molecule has 0 bridgehead atoms. The summed E-state index contributed by atoms with van der Waals surface area (Å²) in [6.45, 7) is -2.29. The van der Waals surface area contributed by atoms with Crippen LogP contribution in [0.4, 0.5) is 26.3 Å². The van der Waals surface area contributed by atoms with Crippen molar-refractivity contribution in [2.75, 3.05) is 6.61 Å². The molecule has 0 radical (unpaired) electrons. The molecule has 0 unspecified atom stereocenters. The Morgan fingerprint density at radius 1 is 1.07 bits per heavy atom. The molecule has 4 nitrogen and oxygen atoms in total. The van der Waals surface area contributed by atoms with Gasteiger partial charge in [-0.25, -0.2) is 0 Å². The fourth-order valence-electron chi connectivity index (χ4n) is 0.540. The highest BCUT2D eigenvalue weighted by atomic mass is 31.2. The molecule has 0 spiro atoms. The van der Waals surface area contributed by atoms with Gasteiger partial charge in [-0.3, -0.25) is 0 Å². The molecule has 11 heteroatoms. The van der Waals surface area contributed by atoms with Gasteiger partial charge in [0.2, 0.25) is 0 Å². The molecular formula is C4H3F6O4P-2. The Labute approximate surface area is 79.1 Å². The smallest absolute Gasteiger partial charge is 0.402 e. The van der Waals surface area contributed by atoms with Gasteiger partial charge in [-0.1, -0.05) is 0 Å². The SMILES string of the molecule is O=P([O-])([O-])OCC(C(F)(F)F)C(F)(F)F. The van der Waals surface area contributed by atoms with Crippen LogP contribution in [0.1, 0.15) is 0 Å². The van der Waals surface area contributed by atoms with Crippen molar-refractivity contribution in [2.24, 2.45) is 5.92 Å². The number of phosphoric ester groups is 1. The van der Waals surface area contributed by atoms with Crippen molar-refractivity contribution in [3.63, 3.8) is 0 Å². The standard InChI is InChI=1S/C4H5F6O4P/c5-3(6,7)2(4(8,9)10)1-14-15(11,12)13/h2H,1H2,(H2,11,12,13)/p-2. The molecule has 0 heterocycles. The minimum Gasteiger partial charge on any atom is -0.790 e. The molecule has 0 rings (SSSR count). The molecule has 0 aromatic rings. The Bertz CT molecular complexity index is 239. The van der Waals surface area contributed by atoms with Crippen molar-refractivity contribution < 1.29 is 45.2 Å². The first-order valence-corrected chi connectivity index (χ1v) is 4.60. The van der Waals surface area contributed by atoms with E-state index in [-0.39, 0.29) is 0 Å². The molecule has 0 saturated carbocycles. The fraction of sp³-hybridized carbons (Fsp3) is 1.00. The Kier molecular flexibility index (Phi) is 4.19. The molecule has 0 saturated heterocycles. The van der Waals surface area contributed by atoms with E-state index in [1.807, 2.05) is 0 Å². The van der Waals surface area contributed by atoms with Gasteiger partial charge >= 0.3 is 12.4 Å². The zero-order chi connectivity index (χ0) is 12.5. The minimum absolute atomic E-state index is 2.29. The Morgan fingerprint density at radius 2 is 1.40 bits per heavy atom. The predicted octanol–water partition coefficient (Wildman–Crippen LogP) is 0.572. The molecular weight excluding hydrogens is 257 g/mol. The summed E-state index contributed by atoms with van der Waals surface area (Å²) in [7, 11) is -5.86. The van der Waals surface area contributed by atoms with Crippen molar-refractivity contribution in [3.8, 4) is 0 Å². The zero-order valence-electron chi connectivity index (χ0n) is 6.63. The third-order valence-electron chi connectivity index (χ3n) is 1.19. The van der Waals surface area contributed by atoms with Crippen LogP contribution in [-0.4, -0.2) is 19.0 Å². The van der Waals surface area contributed by atoms with E-state index in [1.54, 1.807) is 0 Å². The Hall–Kier alpha value is -0.310. The van der Waals surface area contributed by atoms with Crippen molar-refractivity contribution in [3.05, 3.63) is 0 Å². The van der Waals surface area contributed by atoms with Crippen LogP contribution in [0.3, 0.4) is 0 Å². The van der Waals surface area contributed by atoms with Gasteiger partial charge in [-0.2, -0.15) is 26.3 Å². The van der Waals surface area contributed by atoms with E-state index in [4.69, 9.17) is 0 Å². The van der Waals surface area contributed by atoms with E-state index in [2.05, 4.69) is 4.52 Å². The minimum atomic E-state index is -5.86. The lowest BCUT2D eigenvalue weighted by Crippen LogP contribution is -2.40. The second-order valence-corrected chi connectivity index (χ2v) is 3.53. The molecule has 0 aromatic carbocycles. The highest BCUT2D eigenvalue weighted by Crippen LogP contribution is 2.41. The maximum absolute atomic E-state index is 11.7. The van der Waals surface area contributed by atoms with Gasteiger partial charge in [-0.15, -0.1) is 0 Å². The lowest BCUT2D eigenvalue weighted by molar-refractivity contribution is -0.348. The normalized spacial score (nSPS) is 14.7. The summed E-state index contributed by atoms with van der Waals surface area (Å²) in [4.78, 5) is 19.4. The third-order valence-corrected chi connectivity index (χ3v) is 1.65. The van der Waals surface area contributed by atoms with Gasteiger partial charge in [-0.05, 0) is 0 Å². The first-order valence-electron chi connectivity index (χ1n) is 3.14. The summed E-state index contributed by atoms with van der Waals surface area (Å²) in [5.74, 6) is -4.00. The number of halogens is 6. The number of hydrogen-bond donors (Lipinski definition) is 0. The Balaban J connectivity index is 4.64. The summed E-state index contributed by atoms with van der Waals surface area (Å²) in [5, 5.41) is 0. The quantitative estimate of drug-likeness (QED) is 0.549. The number of alkyl halides is 6. The largest absolute Gasteiger partial charge is 0.790 e. The van der Waals surface area contributed by atoms with Crippen molar-refractivity contribution in [2.45, 2.75) is 12.4 Å². The van der Waals surface area contributed by atoms with Gasteiger partial charge in [0.05, 0.1) is 14.4 Å². The Morgan fingerprint density at radius 3 is 1.60 bits per heavy atom. The second kappa shape index (κ2) is 4.28. The molecule has 0 aliphatic carbocycles. The van der Waals surface area contributed by atoms with E-state index in [0.29, 0.717) is 0 Å². The molecule has 15 heavy (non-hydrogen) atoms. The monoisotopic (exact) mass is 260 g/mol. The van der Waals surface area contributed by atoms with Gasteiger partial charge in [0.25, 0.3) is 0 Å². The van der Waals surface area contributed by atoms with Crippen LogP contribution < -0.4 is 9.79 Å². The van der Waals surface area contributed by atoms with Crippen LogP contribution in [0.25, 0.3) is 0 Å². The fourth-order valence-corrected chi connectivity index (χ4v) is 0.872. The maximum atomic E-state index is 11.7. The highest BCUT2D eigenvalue weighted by Gasteiger charge is 2.56. The van der Waals surface area contributed by atoms with Crippen LogP contribution in [0, 0.1) is 5.92 Å². The topological polar surface area (TPSA) is 72.4 Å². The molecule has 0 aliphatic heterocycles. The molecule has 0 amide bonds. The summed E-state index contributed by atoms with van der Waals surface area (Å²) in [6.07, 6.45) is -11.5. The van der Waals surface area contributed by atoms with Crippen molar-refractivity contribution >= 4 is 7.82 Å². The van der Waals surface area contributed by atoms with Gasteiger partial charge in [0, 0.05) is 0 Å². The van der Waals surface area contributed by atoms with E-state index >= 15 is 0 Å². The number of phosphoric acid groups is 1. The van der Waals surface area contributed by atoms with Crippen molar-refractivity contribution in [1.82, 2.24) is 0 Å². The van der Waals surface area contributed by atoms with E-state index in [0.717, 1.165) is 0 Å². The van der Waals surface area contributed by atoms with Crippen LogP contribution in [0.2, 0.25) is 0 Å². The predicted molar refractivity (Wildman–Crippen MR) is 29.2 cm³/mol. The molecule has 0 aromatic heterocycles. The average molecular weight is 260 g/mol. The summed E-state index contributed by atoms with van der Waals surface area (Å²) >= 11 is 0. The second-order valence-electron chi connectivity index (χ2n) is 2.38. The van der Waals surface area contributed by atoms with Crippen LogP contribution in [0.15, 0.2) is 0 Å². The van der Waals surface area contributed by atoms with E-state index in [1.165, 1.54) is 0 Å². The first-order chi connectivity index (χ1) is 6.34. The lowest BCUT2D eigenvalue weighted by atomic mass is 10.1. The lowest BCUT2D eigenvalue weighted by Gasteiger charge is -2.31. The summed E-state index contributed by atoms with van der Waals surface area (Å²) < 4.78 is 82.8. The third kappa shape index (κ3) is 5.98. The van der Waals surface area contributed by atoms with Crippen LogP contribution in [-0.2, 0) is 9.09 Å². The van der Waals surface area contributed by atoms with Crippen LogP contribution in [0.5, 0.6) is 0 Å². The van der Waals surface area contributed by atoms with E-state index < -0.39 is 32.7 Å².